The topological polar surface area (TPSA) is 112 Å². The first-order chi connectivity index (χ1) is 20.4. The van der Waals surface area contributed by atoms with Gasteiger partial charge in [-0.15, -0.1) is 0 Å². The Bertz CT molecular complexity index is 1620. The van der Waals surface area contributed by atoms with Gasteiger partial charge in [0.15, 0.2) is 5.16 Å². The van der Waals surface area contributed by atoms with Crippen molar-refractivity contribution in [1.29, 1.82) is 0 Å². The van der Waals surface area contributed by atoms with E-state index in [-0.39, 0.29) is 30.0 Å². The summed E-state index contributed by atoms with van der Waals surface area (Å²) in [6.45, 7) is 3.40. The number of nitrogens with zero attached hydrogens (tertiary/aromatic N) is 2. The molecule has 0 spiro atoms. The molecular formula is C32H34N4O5S. The zero-order valence-corrected chi connectivity index (χ0v) is 24.5. The van der Waals surface area contributed by atoms with Gasteiger partial charge in [0, 0.05) is 30.5 Å². The van der Waals surface area contributed by atoms with Crippen molar-refractivity contribution in [3.8, 4) is 5.75 Å². The quantitative estimate of drug-likeness (QED) is 0.191. The van der Waals surface area contributed by atoms with Crippen LogP contribution in [0.1, 0.15) is 42.1 Å². The summed E-state index contributed by atoms with van der Waals surface area (Å²) < 4.78 is 12.4. The minimum Gasteiger partial charge on any atom is -0.497 e. The molecule has 2 N–H and O–H groups in total. The van der Waals surface area contributed by atoms with E-state index in [0.717, 1.165) is 25.0 Å². The van der Waals surface area contributed by atoms with E-state index in [4.69, 9.17) is 14.5 Å². The SMILES string of the molecule is CC[C@H](Sc1nc2ccccc2c(=O)n1Cc1ccc(C(=O)NC[C@@H]2CCCO2)cc1)C(=O)Nc1cccc(OC)c1. The van der Waals surface area contributed by atoms with E-state index in [1.165, 1.54) is 11.8 Å². The molecule has 0 radical (unpaired) electrons. The van der Waals surface area contributed by atoms with Crippen molar-refractivity contribution >= 4 is 40.2 Å². The molecule has 1 aliphatic rings. The van der Waals surface area contributed by atoms with Gasteiger partial charge in [0.25, 0.3) is 11.5 Å². The van der Waals surface area contributed by atoms with Crippen LogP contribution in [0.5, 0.6) is 5.75 Å². The number of aromatic nitrogens is 2. The molecule has 42 heavy (non-hydrogen) atoms. The number of fused-ring (bicyclic) bond motifs is 1. The Morgan fingerprint density at radius 1 is 1.12 bits per heavy atom. The largest absolute Gasteiger partial charge is 0.497 e. The van der Waals surface area contributed by atoms with Gasteiger partial charge in [-0.05, 0) is 61.2 Å². The van der Waals surface area contributed by atoms with E-state index < -0.39 is 5.25 Å². The number of carbonyl (C=O) groups excluding carboxylic acids is 2. The van der Waals surface area contributed by atoms with E-state index in [1.54, 1.807) is 48.1 Å². The molecule has 1 aliphatic heterocycles. The van der Waals surface area contributed by atoms with Crippen LogP contribution in [0.4, 0.5) is 5.69 Å². The summed E-state index contributed by atoms with van der Waals surface area (Å²) in [5.41, 5.74) is 2.38. The third kappa shape index (κ3) is 7.00. The lowest BCUT2D eigenvalue weighted by molar-refractivity contribution is -0.115. The number of ether oxygens (including phenoxy) is 2. The van der Waals surface area contributed by atoms with E-state index in [1.807, 2.05) is 43.3 Å². The number of nitrogens with one attached hydrogen (secondary N) is 2. The normalized spacial score (nSPS) is 15.3. The Balaban J connectivity index is 1.36. The Kier molecular flexibility index (Phi) is 9.55. The van der Waals surface area contributed by atoms with Crippen LogP contribution < -0.4 is 20.9 Å². The van der Waals surface area contributed by atoms with E-state index in [2.05, 4.69) is 10.6 Å². The summed E-state index contributed by atoms with van der Waals surface area (Å²) in [5, 5.41) is 6.34. The Morgan fingerprint density at radius 3 is 2.67 bits per heavy atom. The third-order valence-electron chi connectivity index (χ3n) is 7.15. The van der Waals surface area contributed by atoms with Gasteiger partial charge in [-0.1, -0.05) is 49.0 Å². The summed E-state index contributed by atoms with van der Waals surface area (Å²) >= 11 is 1.26. The average Bonchev–Trinajstić information content (AvgIpc) is 3.54. The molecule has 0 bridgehead atoms. The van der Waals surface area contributed by atoms with Crippen LogP contribution in [0.15, 0.2) is 82.7 Å². The van der Waals surface area contributed by atoms with Crippen molar-refractivity contribution < 1.29 is 19.1 Å². The number of carbonyl (C=O) groups is 2. The van der Waals surface area contributed by atoms with Gasteiger partial charge in [-0.25, -0.2) is 4.98 Å². The molecule has 5 rings (SSSR count). The number of rotatable bonds is 11. The molecule has 0 saturated carbocycles. The highest BCUT2D eigenvalue weighted by atomic mass is 32.2. The van der Waals surface area contributed by atoms with Crippen LogP contribution in [0.25, 0.3) is 10.9 Å². The standard InChI is InChI=1S/C32H34N4O5S/c1-3-28(30(38)34-23-8-6-9-24(18-23)40-2)42-32-35-27-12-5-4-11-26(27)31(39)36(32)20-21-13-15-22(16-14-21)29(37)33-19-25-10-7-17-41-25/h4-6,8-9,11-16,18,25,28H,3,7,10,17,19-20H2,1-2H3,(H,33,37)(H,34,38)/t25-,28-/m0/s1. The molecule has 2 heterocycles. The number of benzene rings is 3. The highest BCUT2D eigenvalue weighted by Crippen LogP contribution is 2.27. The van der Waals surface area contributed by atoms with Crippen LogP contribution in [0.3, 0.4) is 0 Å². The van der Waals surface area contributed by atoms with E-state index in [9.17, 15) is 14.4 Å². The average molecular weight is 587 g/mol. The van der Waals surface area contributed by atoms with Crippen LogP contribution >= 0.6 is 11.8 Å². The van der Waals surface area contributed by atoms with Crippen molar-refractivity contribution in [3.05, 3.63) is 94.3 Å². The van der Waals surface area contributed by atoms with Crippen molar-refractivity contribution in [3.63, 3.8) is 0 Å². The molecule has 9 nitrogen and oxygen atoms in total. The predicted octanol–water partition coefficient (Wildman–Crippen LogP) is 4.87. The molecule has 10 heteroatoms. The molecule has 1 saturated heterocycles. The van der Waals surface area contributed by atoms with Gasteiger partial charge >= 0.3 is 0 Å². The first-order valence-corrected chi connectivity index (χ1v) is 14.9. The van der Waals surface area contributed by atoms with Crippen molar-refractivity contribution in [2.75, 3.05) is 25.6 Å². The van der Waals surface area contributed by atoms with E-state index in [0.29, 0.717) is 46.0 Å². The number of methoxy groups -OCH3 is 1. The third-order valence-corrected chi connectivity index (χ3v) is 8.50. The van der Waals surface area contributed by atoms with Gasteiger partial charge < -0.3 is 20.1 Å². The van der Waals surface area contributed by atoms with E-state index >= 15 is 0 Å². The number of hydrogen-bond acceptors (Lipinski definition) is 7. The van der Waals surface area contributed by atoms with Gasteiger partial charge in [0.05, 0.1) is 35.9 Å². The number of para-hydroxylation sites is 1. The predicted molar refractivity (Wildman–Crippen MR) is 164 cm³/mol. The molecule has 2 atom stereocenters. The molecule has 1 fully saturated rings. The summed E-state index contributed by atoms with van der Waals surface area (Å²) in [6, 6.07) is 21.6. The number of thioether (sulfide) groups is 1. The zero-order valence-electron chi connectivity index (χ0n) is 23.7. The summed E-state index contributed by atoms with van der Waals surface area (Å²) in [4.78, 5) is 44.4. The molecule has 3 aromatic carbocycles. The Labute approximate surface area is 248 Å². The maximum atomic E-state index is 13.7. The Hall–Kier alpha value is -4.15. The number of amides is 2. The van der Waals surface area contributed by atoms with Crippen LogP contribution in [-0.4, -0.2) is 53.0 Å². The van der Waals surface area contributed by atoms with Crippen LogP contribution in [0.2, 0.25) is 0 Å². The smallest absolute Gasteiger partial charge is 0.262 e. The van der Waals surface area contributed by atoms with Gasteiger partial charge in [0.1, 0.15) is 5.75 Å². The first kappa shape index (κ1) is 29.3. The molecule has 218 valence electrons. The van der Waals surface area contributed by atoms with Crippen LogP contribution in [0, 0.1) is 0 Å². The Morgan fingerprint density at radius 2 is 1.93 bits per heavy atom. The highest BCUT2D eigenvalue weighted by molar-refractivity contribution is 8.00. The van der Waals surface area contributed by atoms with Crippen molar-refractivity contribution in [1.82, 2.24) is 14.9 Å². The van der Waals surface area contributed by atoms with Crippen molar-refractivity contribution in [2.24, 2.45) is 0 Å². The zero-order chi connectivity index (χ0) is 29.5. The van der Waals surface area contributed by atoms with Crippen molar-refractivity contribution in [2.45, 2.75) is 49.2 Å². The minimum absolute atomic E-state index is 0.0703. The monoisotopic (exact) mass is 586 g/mol. The van der Waals surface area contributed by atoms with Crippen LogP contribution in [-0.2, 0) is 16.1 Å². The lowest BCUT2D eigenvalue weighted by atomic mass is 10.1. The minimum atomic E-state index is -0.495. The summed E-state index contributed by atoms with van der Waals surface area (Å²) in [6.07, 6.45) is 2.57. The second kappa shape index (κ2) is 13.7. The lowest BCUT2D eigenvalue weighted by Crippen LogP contribution is -2.31. The van der Waals surface area contributed by atoms with Gasteiger partial charge in [0.2, 0.25) is 5.91 Å². The lowest BCUT2D eigenvalue weighted by Gasteiger charge is -2.18. The summed E-state index contributed by atoms with van der Waals surface area (Å²) in [7, 11) is 1.57. The summed E-state index contributed by atoms with van der Waals surface area (Å²) in [5.74, 6) is 0.290. The molecule has 2 amide bonds. The second-order valence-electron chi connectivity index (χ2n) is 10.1. The number of hydrogen-bond donors (Lipinski definition) is 2. The fraction of sp³-hybridized carbons (Fsp3) is 0.312. The molecule has 4 aromatic rings. The fourth-order valence-electron chi connectivity index (χ4n) is 4.81. The van der Waals surface area contributed by atoms with Gasteiger partial charge in [-0.2, -0.15) is 0 Å². The fourth-order valence-corrected chi connectivity index (χ4v) is 5.82. The first-order valence-electron chi connectivity index (χ1n) is 14.0. The number of anilines is 1. The molecule has 1 aromatic heterocycles. The molecular weight excluding hydrogens is 552 g/mol. The maximum Gasteiger partial charge on any atom is 0.262 e. The molecule has 0 unspecified atom stereocenters. The highest BCUT2D eigenvalue weighted by Gasteiger charge is 2.23. The maximum absolute atomic E-state index is 13.7. The molecule has 0 aliphatic carbocycles. The van der Waals surface area contributed by atoms with Gasteiger partial charge in [-0.3, -0.25) is 19.0 Å². The second-order valence-corrected chi connectivity index (χ2v) is 11.3.